The van der Waals surface area contributed by atoms with Crippen molar-refractivity contribution in [2.24, 2.45) is 0 Å². The van der Waals surface area contributed by atoms with Crippen molar-refractivity contribution in [3.63, 3.8) is 0 Å². The highest BCUT2D eigenvalue weighted by molar-refractivity contribution is 7.07. The van der Waals surface area contributed by atoms with Gasteiger partial charge in [-0.1, -0.05) is 4.49 Å². The number of hydrogen-bond acceptors (Lipinski definition) is 9. The molecule has 4 rings (SSSR count). The molecule has 0 radical (unpaired) electrons. The summed E-state index contributed by atoms with van der Waals surface area (Å²) in [6.07, 6.45) is 3.63. The SMILES string of the molecule is Cc1nnsc1C(=O)NCCn1ncc2c(N3CC(C)OC(C)C3)ncnc21. The van der Waals surface area contributed by atoms with E-state index < -0.39 is 0 Å². The van der Waals surface area contributed by atoms with Gasteiger partial charge in [0.05, 0.1) is 36.0 Å². The minimum absolute atomic E-state index is 0.142. The molecular formula is C17H22N8O2S. The molecule has 11 heteroatoms. The number of carbonyl (C=O) groups excluding carboxylic acids is 1. The van der Waals surface area contributed by atoms with Crippen LogP contribution in [0.25, 0.3) is 11.0 Å². The van der Waals surface area contributed by atoms with E-state index in [2.05, 4.69) is 48.7 Å². The van der Waals surface area contributed by atoms with Gasteiger partial charge in [-0.25, -0.2) is 14.6 Å². The number of nitrogens with one attached hydrogen (secondary N) is 1. The summed E-state index contributed by atoms with van der Waals surface area (Å²) in [5, 5.41) is 12.1. The van der Waals surface area contributed by atoms with Gasteiger partial charge in [0.15, 0.2) is 5.65 Å². The quantitative estimate of drug-likeness (QED) is 0.674. The van der Waals surface area contributed by atoms with Crippen LogP contribution in [-0.2, 0) is 11.3 Å². The minimum Gasteiger partial charge on any atom is -0.372 e. The van der Waals surface area contributed by atoms with Gasteiger partial charge in [-0.3, -0.25) is 4.79 Å². The van der Waals surface area contributed by atoms with E-state index in [1.807, 2.05) is 0 Å². The minimum atomic E-state index is -0.171. The van der Waals surface area contributed by atoms with Gasteiger partial charge in [0.2, 0.25) is 0 Å². The molecule has 4 heterocycles. The molecule has 28 heavy (non-hydrogen) atoms. The fourth-order valence-corrected chi connectivity index (χ4v) is 4.02. The third-order valence-corrected chi connectivity index (χ3v) is 5.43. The molecule has 1 aliphatic heterocycles. The van der Waals surface area contributed by atoms with Gasteiger partial charge >= 0.3 is 0 Å². The molecule has 0 aliphatic carbocycles. The second-order valence-electron chi connectivity index (χ2n) is 6.91. The molecule has 3 aromatic rings. The zero-order valence-corrected chi connectivity index (χ0v) is 16.8. The van der Waals surface area contributed by atoms with Gasteiger partial charge in [-0.2, -0.15) is 5.10 Å². The van der Waals surface area contributed by atoms with E-state index in [0.717, 1.165) is 41.5 Å². The fraction of sp³-hybridized carbons (Fsp3) is 0.529. The number of morpholine rings is 1. The first-order valence-electron chi connectivity index (χ1n) is 9.17. The van der Waals surface area contributed by atoms with Crippen LogP contribution in [0.3, 0.4) is 0 Å². The maximum atomic E-state index is 12.2. The van der Waals surface area contributed by atoms with E-state index in [4.69, 9.17) is 4.74 Å². The van der Waals surface area contributed by atoms with E-state index in [9.17, 15) is 4.79 Å². The number of aromatic nitrogens is 6. The number of carbonyl (C=O) groups is 1. The lowest BCUT2D eigenvalue weighted by Gasteiger charge is -2.36. The van der Waals surface area contributed by atoms with Crippen molar-refractivity contribution in [2.75, 3.05) is 24.5 Å². The molecule has 2 unspecified atom stereocenters. The van der Waals surface area contributed by atoms with Crippen molar-refractivity contribution in [3.8, 4) is 0 Å². The highest BCUT2D eigenvalue weighted by atomic mass is 32.1. The maximum Gasteiger partial charge on any atom is 0.265 e. The molecule has 1 aliphatic rings. The average molecular weight is 402 g/mol. The van der Waals surface area contributed by atoms with E-state index in [-0.39, 0.29) is 18.1 Å². The van der Waals surface area contributed by atoms with Crippen LogP contribution in [0.2, 0.25) is 0 Å². The van der Waals surface area contributed by atoms with Crippen molar-refractivity contribution in [2.45, 2.75) is 39.5 Å². The van der Waals surface area contributed by atoms with Crippen LogP contribution in [0, 0.1) is 6.92 Å². The van der Waals surface area contributed by atoms with Gasteiger partial charge in [0.1, 0.15) is 17.0 Å². The Bertz CT molecular complexity index is 977. The third kappa shape index (κ3) is 3.67. The number of amides is 1. The summed E-state index contributed by atoms with van der Waals surface area (Å²) in [4.78, 5) is 23.8. The zero-order valence-electron chi connectivity index (χ0n) is 16.0. The van der Waals surface area contributed by atoms with Crippen molar-refractivity contribution in [3.05, 3.63) is 23.1 Å². The Morgan fingerprint density at radius 2 is 2.11 bits per heavy atom. The number of nitrogens with zero attached hydrogens (tertiary/aromatic N) is 7. The molecule has 1 amide bonds. The van der Waals surface area contributed by atoms with Gasteiger partial charge in [-0.15, -0.1) is 5.10 Å². The van der Waals surface area contributed by atoms with Crippen molar-refractivity contribution in [1.29, 1.82) is 0 Å². The van der Waals surface area contributed by atoms with Crippen LogP contribution < -0.4 is 10.2 Å². The van der Waals surface area contributed by atoms with Crippen molar-refractivity contribution < 1.29 is 9.53 Å². The Morgan fingerprint density at radius 3 is 2.82 bits per heavy atom. The summed E-state index contributed by atoms with van der Waals surface area (Å²) in [7, 11) is 0. The van der Waals surface area contributed by atoms with Gasteiger partial charge in [0.25, 0.3) is 5.91 Å². The molecule has 10 nitrogen and oxygen atoms in total. The largest absolute Gasteiger partial charge is 0.372 e. The Balaban J connectivity index is 1.47. The molecule has 1 fully saturated rings. The summed E-state index contributed by atoms with van der Waals surface area (Å²) in [5.74, 6) is 0.698. The number of anilines is 1. The first-order chi connectivity index (χ1) is 13.5. The molecule has 1 N–H and O–H groups in total. The number of ether oxygens (including phenoxy) is 1. The number of aryl methyl sites for hydroxylation is 1. The highest BCUT2D eigenvalue weighted by Crippen LogP contribution is 2.25. The molecule has 148 valence electrons. The van der Waals surface area contributed by atoms with E-state index in [0.29, 0.717) is 23.7 Å². The molecule has 0 spiro atoms. The van der Waals surface area contributed by atoms with Crippen LogP contribution in [0.15, 0.2) is 12.5 Å². The van der Waals surface area contributed by atoms with E-state index in [1.165, 1.54) is 0 Å². The molecule has 2 atom stereocenters. The van der Waals surface area contributed by atoms with Crippen LogP contribution in [0.4, 0.5) is 5.82 Å². The Labute approximate surface area is 166 Å². The second-order valence-corrected chi connectivity index (χ2v) is 7.66. The number of rotatable bonds is 5. The van der Waals surface area contributed by atoms with Gasteiger partial charge in [-0.05, 0) is 32.3 Å². The van der Waals surface area contributed by atoms with Gasteiger partial charge in [0, 0.05) is 19.6 Å². The first-order valence-corrected chi connectivity index (χ1v) is 9.94. The molecule has 0 aromatic carbocycles. The van der Waals surface area contributed by atoms with Crippen LogP contribution >= 0.6 is 11.5 Å². The summed E-state index contributed by atoms with van der Waals surface area (Å²) >= 11 is 1.09. The normalized spacial score (nSPS) is 19.9. The van der Waals surface area contributed by atoms with Crippen molar-refractivity contribution in [1.82, 2.24) is 34.7 Å². The fourth-order valence-electron chi connectivity index (χ4n) is 3.44. The number of hydrogen-bond donors (Lipinski definition) is 1. The molecular weight excluding hydrogens is 380 g/mol. The summed E-state index contributed by atoms with van der Waals surface area (Å²) < 4.78 is 11.4. The predicted molar refractivity (Wildman–Crippen MR) is 105 cm³/mol. The smallest absolute Gasteiger partial charge is 0.265 e. The Morgan fingerprint density at radius 1 is 1.32 bits per heavy atom. The monoisotopic (exact) mass is 402 g/mol. The van der Waals surface area contributed by atoms with E-state index >= 15 is 0 Å². The van der Waals surface area contributed by atoms with Crippen LogP contribution in [-0.4, -0.2) is 67.1 Å². The summed E-state index contributed by atoms with van der Waals surface area (Å²) in [6.45, 7) is 8.39. The lowest BCUT2D eigenvalue weighted by atomic mass is 10.2. The molecule has 0 saturated carbocycles. The number of fused-ring (bicyclic) bond motifs is 1. The zero-order chi connectivity index (χ0) is 19.7. The van der Waals surface area contributed by atoms with Crippen LogP contribution in [0.1, 0.15) is 29.2 Å². The lowest BCUT2D eigenvalue weighted by molar-refractivity contribution is -0.00537. The van der Waals surface area contributed by atoms with Gasteiger partial charge < -0.3 is 15.0 Å². The van der Waals surface area contributed by atoms with Crippen LogP contribution in [0.5, 0.6) is 0 Å². The lowest BCUT2D eigenvalue weighted by Crippen LogP contribution is -2.45. The second kappa shape index (κ2) is 7.76. The molecule has 1 saturated heterocycles. The predicted octanol–water partition coefficient (Wildman–Crippen LogP) is 1.03. The Kier molecular flexibility index (Phi) is 5.18. The molecule has 0 bridgehead atoms. The van der Waals surface area contributed by atoms with E-state index in [1.54, 1.807) is 24.1 Å². The standard InChI is InChI=1S/C17H22N8O2S/c1-10-7-24(8-11(2)27-10)15-13-6-21-25(16(13)20-9-19-15)5-4-18-17(26)14-12(3)22-23-28-14/h6,9-11H,4-5,7-8H2,1-3H3,(H,18,26). The average Bonchev–Trinajstić information content (AvgIpc) is 3.27. The maximum absolute atomic E-state index is 12.2. The Hall–Kier alpha value is -2.66. The summed E-state index contributed by atoms with van der Waals surface area (Å²) in [5.41, 5.74) is 1.39. The summed E-state index contributed by atoms with van der Waals surface area (Å²) in [6, 6.07) is 0. The topological polar surface area (TPSA) is 111 Å². The first kappa shape index (κ1) is 18.7. The highest BCUT2D eigenvalue weighted by Gasteiger charge is 2.25. The third-order valence-electron chi connectivity index (χ3n) is 4.60. The van der Waals surface area contributed by atoms with Crippen molar-refractivity contribution >= 4 is 34.3 Å². The molecule has 3 aromatic heterocycles.